The second-order valence-corrected chi connectivity index (χ2v) is 15.4. The fourth-order valence-corrected chi connectivity index (χ4v) is 13.8. The van der Waals surface area contributed by atoms with E-state index in [2.05, 4.69) is 0 Å². The molecule has 2 aliphatic heterocycles. The average molecular weight is 730 g/mol. The number of aliphatic hydroxyl groups excluding tert-OH is 1. The summed E-state index contributed by atoms with van der Waals surface area (Å²) in [4.78, 5) is 0. The molecule has 2 aliphatic rings. The standard InChI is InChI=1S/C32H20F13O3P/c33-20-16-14-19(15-17-20)26(25(46)18-8-2-1-3-9-18)49(23-12-6-4-10-21(23)27(47-49,29(34,35)36)30(37,38)39)24-13-7-5-11-22(24)28(48-49,31(40,41)42)32(43,44)45/h1-17,25-26,46H/t25-,26-/m0/s1. The van der Waals surface area contributed by atoms with Crippen molar-refractivity contribution in [1.29, 1.82) is 0 Å². The molecule has 0 aliphatic carbocycles. The molecule has 2 atom stereocenters. The van der Waals surface area contributed by atoms with Gasteiger partial charge in [-0.25, -0.2) is 0 Å². The molecule has 0 bridgehead atoms. The SMILES string of the molecule is O[C@@H](c1ccccc1)[C@H](c1ccc(F)cc1)P12(OC(C(F)(F)F)(C(F)(F)F)c3ccccc31)OC(C(F)(F)F)(C(F)(F)F)c1ccccc12. The molecule has 4 aromatic carbocycles. The molecule has 0 unspecified atom stereocenters. The Labute approximate surface area is 268 Å². The number of rotatable bonds is 4. The maximum absolute atomic E-state index is 15.2. The molecule has 0 radical (unpaired) electrons. The fraction of sp³-hybridized carbons (Fsp3) is 0.250. The van der Waals surface area contributed by atoms with Crippen LogP contribution >= 0.6 is 7.06 Å². The van der Waals surface area contributed by atoms with Crippen molar-refractivity contribution < 1.29 is 71.2 Å². The van der Waals surface area contributed by atoms with E-state index in [-0.39, 0.29) is 17.7 Å². The quantitative estimate of drug-likeness (QED) is 0.168. The predicted octanol–water partition coefficient (Wildman–Crippen LogP) is 9.33. The first-order valence-electron chi connectivity index (χ1n) is 14.0. The molecule has 262 valence electrons. The Morgan fingerprint density at radius 3 is 1.24 bits per heavy atom. The van der Waals surface area contributed by atoms with E-state index in [1.165, 1.54) is 18.2 Å². The summed E-state index contributed by atoms with van der Waals surface area (Å²) >= 11 is 0. The molecule has 3 nitrogen and oxygen atoms in total. The van der Waals surface area contributed by atoms with Gasteiger partial charge >= 0.3 is 268 Å². The Morgan fingerprint density at radius 1 is 0.490 bits per heavy atom. The van der Waals surface area contributed by atoms with E-state index < -0.39 is 87.8 Å². The van der Waals surface area contributed by atoms with Crippen molar-refractivity contribution in [2.45, 2.75) is 47.7 Å². The van der Waals surface area contributed by atoms with Gasteiger partial charge in [0.25, 0.3) is 0 Å². The molecule has 49 heavy (non-hydrogen) atoms. The van der Waals surface area contributed by atoms with Gasteiger partial charge in [-0.3, -0.25) is 0 Å². The van der Waals surface area contributed by atoms with Crippen LogP contribution in [0.4, 0.5) is 57.1 Å². The van der Waals surface area contributed by atoms with Gasteiger partial charge in [0.2, 0.25) is 0 Å². The summed E-state index contributed by atoms with van der Waals surface area (Å²) in [7, 11) is -7.52. The second kappa shape index (κ2) is 10.6. The zero-order chi connectivity index (χ0) is 36.1. The minimum absolute atomic E-state index is 0.224. The molecule has 0 aromatic heterocycles. The number of hydrogen-bond acceptors (Lipinski definition) is 3. The minimum atomic E-state index is -7.52. The number of aliphatic hydroxyl groups is 1. The number of hydrogen-bond donors (Lipinski definition) is 1. The van der Waals surface area contributed by atoms with E-state index in [4.69, 9.17) is 9.05 Å². The van der Waals surface area contributed by atoms with Crippen molar-refractivity contribution in [3.8, 4) is 0 Å². The maximum atomic E-state index is 15.2. The number of alkyl halides is 12. The van der Waals surface area contributed by atoms with Crippen LogP contribution in [0.3, 0.4) is 0 Å². The van der Waals surface area contributed by atoms with Gasteiger partial charge in [-0.15, -0.1) is 0 Å². The molecule has 0 fully saturated rings. The average Bonchev–Trinajstić information content (AvgIpc) is 3.47. The molecular formula is C32H20F13O3P. The van der Waals surface area contributed by atoms with E-state index in [0.717, 1.165) is 24.3 Å². The number of halogens is 13. The van der Waals surface area contributed by atoms with Crippen LogP contribution in [0.1, 0.15) is 34.0 Å². The molecule has 1 spiro atoms. The molecule has 0 saturated heterocycles. The van der Waals surface area contributed by atoms with Crippen molar-refractivity contribution in [2.75, 3.05) is 0 Å². The number of benzene rings is 4. The van der Waals surface area contributed by atoms with Crippen LogP contribution < -0.4 is 10.6 Å². The number of fused-ring (bicyclic) bond motifs is 4. The first-order valence-corrected chi connectivity index (χ1v) is 16.1. The Hall–Kier alpha value is -3.72. The third kappa shape index (κ3) is 4.39. The van der Waals surface area contributed by atoms with E-state index in [0.29, 0.717) is 48.5 Å². The summed E-state index contributed by atoms with van der Waals surface area (Å²) in [5, 5.41) is 9.17. The Morgan fingerprint density at radius 2 is 0.857 bits per heavy atom. The first-order chi connectivity index (χ1) is 22.6. The topological polar surface area (TPSA) is 38.7 Å². The van der Waals surface area contributed by atoms with Crippen LogP contribution in [0.15, 0.2) is 103 Å². The molecule has 6 rings (SSSR count). The van der Waals surface area contributed by atoms with Crippen molar-refractivity contribution in [3.63, 3.8) is 0 Å². The summed E-state index contributed by atoms with van der Waals surface area (Å²) in [5.74, 6) is -1.05. The van der Waals surface area contributed by atoms with E-state index in [9.17, 15) is 9.50 Å². The van der Waals surface area contributed by atoms with Crippen LogP contribution in [-0.2, 0) is 20.2 Å². The van der Waals surface area contributed by atoms with Gasteiger partial charge in [0.15, 0.2) is 0 Å². The van der Waals surface area contributed by atoms with Gasteiger partial charge in [0, 0.05) is 0 Å². The van der Waals surface area contributed by atoms with Gasteiger partial charge in [0.1, 0.15) is 0 Å². The van der Waals surface area contributed by atoms with Crippen LogP contribution in [0.2, 0.25) is 0 Å². The molecular weight excluding hydrogens is 710 g/mol. The van der Waals surface area contributed by atoms with E-state index in [1.807, 2.05) is 0 Å². The van der Waals surface area contributed by atoms with Gasteiger partial charge in [-0.1, -0.05) is 0 Å². The van der Waals surface area contributed by atoms with Gasteiger partial charge < -0.3 is 0 Å². The Bertz CT molecular complexity index is 1770. The Balaban J connectivity index is 1.94. The Kier molecular flexibility index (Phi) is 7.63. The van der Waals surface area contributed by atoms with Gasteiger partial charge in [-0.2, -0.15) is 0 Å². The monoisotopic (exact) mass is 730 g/mol. The zero-order valence-electron chi connectivity index (χ0n) is 24.1. The first kappa shape index (κ1) is 35.1. The molecule has 4 aromatic rings. The molecule has 0 amide bonds. The molecule has 1 N–H and O–H groups in total. The third-order valence-electron chi connectivity index (χ3n) is 8.87. The zero-order valence-corrected chi connectivity index (χ0v) is 25.0. The summed E-state index contributed by atoms with van der Waals surface area (Å²) in [5.41, 5.74) is -18.8. The van der Waals surface area contributed by atoms with E-state index >= 15 is 52.7 Å². The van der Waals surface area contributed by atoms with Crippen LogP contribution in [0.25, 0.3) is 0 Å². The molecule has 0 saturated carbocycles. The third-order valence-corrected chi connectivity index (χ3v) is 14.3. The molecule has 2 heterocycles. The van der Waals surface area contributed by atoms with Gasteiger partial charge in [-0.05, 0) is 0 Å². The van der Waals surface area contributed by atoms with Crippen molar-refractivity contribution in [2.24, 2.45) is 0 Å². The van der Waals surface area contributed by atoms with Crippen LogP contribution in [0.5, 0.6) is 0 Å². The van der Waals surface area contributed by atoms with Crippen molar-refractivity contribution in [1.82, 2.24) is 0 Å². The summed E-state index contributed by atoms with van der Waals surface area (Å²) in [6.07, 6.45) is -28.9. The van der Waals surface area contributed by atoms with Crippen molar-refractivity contribution in [3.05, 3.63) is 131 Å². The predicted molar refractivity (Wildman–Crippen MR) is 149 cm³/mol. The van der Waals surface area contributed by atoms with Gasteiger partial charge in [0.05, 0.1) is 0 Å². The van der Waals surface area contributed by atoms with Crippen LogP contribution in [-0.4, -0.2) is 29.8 Å². The van der Waals surface area contributed by atoms with Crippen molar-refractivity contribution >= 4 is 17.7 Å². The summed E-state index contributed by atoms with van der Waals surface area (Å²) in [6, 6.07) is 13.0. The van der Waals surface area contributed by atoms with E-state index in [1.54, 1.807) is 0 Å². The van der Waals surface area contributed by atoms with Crippen LogP contribution in [0, 0.1) is 5.82 Å². The normalized spacial score (nSPS) is 21.3. The second-order valence-electron chi connectivity index (χ2n) is 11.4. The fourth-order valence-electron chi connectivity index (χ4n) is 7.02. The molecule has 17 heteroatoms. The summed E-state index contributed by atoms with van der Waals surface area (Å²) in [6.45, 7) is 0. The summed E-state index contributed by atoms with van der Waals surface area (Å²) < 4.78 is 208.